The van der Waals surface area contributed by atoms with Gasteiger partial charge in [-0.15, -0.1) is 0 Å². The normalized spacial score (nSPS) is 34.6. The third-order valence-electron chi connectivity index (χ3n) is 2.24. The first-order valence-electron chi connectivity index (χ1n) is 4.73. The van der Waals surface area contributed by atoms with E-state index < -0.39 is 6.00 Å². The zero-order valence-corrected chi connectivity index (χ0v) is 8.93. The quantitative estimate of drug-likeness (QED) is 0.583. The van der Waals surface area contributed by atoms with Gasteiger partial charge in [0.2, 0.25) is 0 Å². The summed E-state index contributed by atoms with van der Waals surface area (Å²) in [6.07, 6.45) is -0.287. The summed E-state index contributed by atoms with van der Waals surface area (Å²) in [6.45, 7) is 2.96. The summed E-state index contributed by atoms with van der Waals surface area (Å²) in [5.41, 5.74) is 0. The highest BCUT2D eigenvalue weighted by molar-refractivity contribution is 6.11. The molecular weight excluding hydrogens is 183 g/mol. The summed E-state index contributed by atoms with van der Waals surface area (Å²) in [7, 11) is 8.99. The summed E-state index contributed by atoms with van der Waals surface area (Å²) < 4.78 is 21.1. The second kappa shape index (κ2) is 5.71. The van der Waals surface area contributed by atoms with E-state index in [1.165, 1.54) is 0 Å². The summed E-state index contributed by atoms with van der Waals surface area (Å²) in [4.78, 5) is 0. The summed E-state index contributed by atoms with van der Waals surface area (Å²) in [5.74, 6) is 0. The van der Waals surface area contributed by atoms with Crippen LogP contribution in [0.1, 0.15) is 6.92 Å². The van der Waals surface area contributed by atoms with Gasteiger partial charge in [0, 0.05) is 20.2 Å². The van der Waals surface area contributed by atoms with Crippen molar-refractivity contribution in [3.63, 3.8) is 0 Å². The average molecular weight is 200 g/mol. The van der Waals surface area contributed by atoms with Crippen LogP contribution in [-0.4, -0.2) is 59.6 Å². The first kappa shape index (κ1) is 12.0. The maximum atomic E-state index is 5.72. The SMILES string of the molecule is [B][C@@H]1OCC(OC)[C@@H]1OC(C)COC. The molecule has 1 fully saturated rings. The Balaban J connectivity index is 2.40. The number of methoxy groups -OCH3 is 2. The first-order chi connectivity index (χ1) is 6.69. The molecule has 1 aliphatic rings. The van der Waals surface area contributed by atoms with Crippen LogP contribution in [0.5, 0.6) is 0 Å². The minimum absolute atomic E-state index is 0.00426. The number of rotatable bonds is 5. The molecule has 14 heavy (non-hydrogen) atoms. The lowest BCUT2D eigenvalue weighted by Gasteiger charge is -2.24. The van der Waals surface area contributed by atoms with Crippen molar-refractivity contribution in [3.05, 3.63) is 0 Å². The predicted octanol–water partition coefficient (Wildman–Crippen LogP) is -0.0537. The van der Waals surface area contributed by atoms with Gasteiger partial charge in [0.15, 0.2) is 0 Å². The van der Waals surface area contributed by atoms with Gasteiger partial charge >= 0.3 is 0 Å². The Morgan fingerprint density at radius 1 is 1.50 bits per heavy atom. The molecule has 2 unspecified atom stereocenters. The van der Waals surface area contributed by atoms with E-state index in [9.17, 15) is 0 Å². The highest BCUT2D eigenvalue weighted by atomic mass is 16.6. The van der Waals surface area contributed by atoms with Crippen LogP contribution in [-0.2, 0) is 18.9 Å². The molecular formula is C9H17BO4. The molecule has 0 amide bonds. The third-order valence-corrected chi connectivity index (χ3v) is 2.24. The zero-order chi connectivity index (χ0) is 10.6. The Morgan fingerprint density at radius 2 is 2.21 bits per heavy atom. The van der Waals surface area contributed by atoms with Crippen LogP contribution >= 0.6 is 0 Å². The highest BCUT2D eigenvalue weighted by Gasteiger charge is 2.35. The minimum Gasteiger partial charge on any atom is -0.382 e. The summed E-state index contributed by atoms with van der Waals surface area (Å²) >= 11 is 0. The van der Waals surface area contributed by atoms with Gasteiger partial charge in [-0.3, -0.25) is 0 Å². The van der Waals surface area contributed by atoms with Crippen molar-refractivity contribution < 1.29 is 18.9 Å². The molecule has 1 saturated heterocycles. The zero-order valence-electron chi connectivity index (χ0n) is 8.93. The molecule has 4 atom stereocenters. The molecule has 4 nitrogen and oxygen atoms in total. The van der Waals surface area contributed by atoms with Gasteiger partial charge in [-0.05, 0) is 6.92 Å². The van der Waals surface area contributed by atoms with Crippen LogP contribution in [0.15, 0.2) is 0 Å². The van der Waals surface area contributed by atoms with Gasteiger partial charge in [0.25, 0.3) is 0 Å². The topological polar surface area (TPSA) is 36.9 Å². The molecule has 2 radical (unpaired) electrons. The lowest BCUT2D eigenvalue weighted by Crippen LogP contribution is -2.38. The second-order valence-corrected chi connectivity index (χ2v) is 3.44. The fourth-order valence-corrected chi connectivity index (χ4v) is 1.52. The van der Waals surface area contributed by atoms with E-state index in [1.54, 1.807) is 14.2 Å². The second-order valence-electron chi connectivity index (χ2n) is 3.44. The van der Waals surface area contributed by atoms with E-state index in [2.05, 4.69) is 0 Å². The number of hydrogen-bond acceptors (Lipinski definition) is 4. The first-order valence-corrected chi connectivity index (χ1v) is 4.73. The van der Waals surface area contributed by atoms with Crippen LogP contribution in [0.25, 0.3) is 0 Å². The van der Waals surface area contributed by atoms with Crippen molar-refractivity contribution in [2.45, 2.75) is 31.2 Å². The third kappa shape index (κ3) is 2.95. The maximum Gasteiger partial charge on any atom is 0.112 e. The molecule has 0 aromatic rings. The van der Waals surface area contributed by atoms with Crippen molar-refractivity contribution in [1.82, 2.24) is 0 Å². The molecule has 0 N–H and O–H groups in total. The van der Waals surface area contributed by atoms with E-state index in [0.717, 1.165) is 0 Å². The van der Waals surface area contributed by atoms with Crippen molar-refractivity contribution in [3.8, 4) is 0 Å². The van der Waals surface area contributed by atoms with E-state index in [-0.39, 0.29) is 18.3 Å². The summed E-state index contributed by atoms with van der Waals surface area (Å²) in [6, 6.07) is -0.403. The predicted molar refractivity (Wildman–Crippen MR) is 52.5 cm³/mol. The summed E-state index contributed by atoms with van der Waals surface area (Å²) in [5, 5.41) is 0. The molecule has 0 aromatic heterocycles. The van der Waals surface area contributed by atoms with Gasteiger partial charge in [0.1, 0.15) is 20.1 Å². The monoisotopic (exact) mass is 200 g/mol. The van der Waals surface area contributed by atoms with Crippen LogP contribution < -0.4 is 0 Å². The van der Waals surface area contributed by atoms with E-state index >= 15 is 0 Å². The Hall–Kier alpha value is -0.0951. The Morgan fingerprint density at radius 3 is 2.79 bits per heavy atom. The van der Waals surface area contributed by atoms with Crippen LogP contribution in [0, 0.1) is 0 Å². The average Bonchev–Trinajstić information content (AvgIpc) is 2.48. The Labute approximate surface area is 86.3 Å². The van der Waals surface area contributed by atoms with Crippen molar-refractivity contribution in [2.24, 2.45) is 0 Å². The number of ether oxygens (including phenoxy) is 4. The Bertz CT molecular complexity index is 167. The molecule has 0 bridgehead atoms. The molecule has 0 aliphatic carbocycles. The van der Waals surface area contributed by atoms with Crippen molar-refractivity contribution >= 4 is 7.85 Å². The van der Waals surface area contributed by atoms with Crippen LogP contribution in [0.4, 0.5) is 0 Å². The van der Waals surface area contributed by atoms with Crippen molar-refractivity contribution in [1.29, 1.82) is 0 Å². The van der Waals surface area contributed by atoms with E-state index in [0.29, 0.717) is 13.2 Å². The molecule has 1 aliphatic heterocycles. The van der Waals surface area contributed by atoms with Crippen LogP contribution in [0.2, 0.25) is 0 Å². The fraction of sp³-hybridized carbons (Fsp3) is 1.00. The molecule has 5 heteroatoms. The maximum absolute atomic E-state index is 5.72. The molecule has 80 valence electrons. The van der Waals surface area contributed by atoms with Gasteiger partial charge in [-0.1, -0.05) is 0 Å². The van der Waals surface area contributed by atoms with Gasteiger partial charge in [-0.25, -0.2) is 0 Å². The molecule has 1 heterocycles. The van der Waals surface area contributed by atoms with E-state index in [1.807, 2.05) is 6.92 Å². The molecule has 1 rings (SSSR count). The van der Waals surface area contributed by atoms with Gasteiger partial charge in [-0.2, -0.15) is 0 Å². The highest BCUT2D eigenvalue weighted by Crippen LogP contribution is 2.19. The van der Waals surface area contributed by atoms with Gasteiger partial charge < -0.3 is 18.9 Å². The fourth-order valence-electron chi connectivity index (χ4n) is 1.52. The molecule has 0 saturated carbocycles. The van der Waals surface area contributed by atoms with E-state index in [4.69, 9.17) is 26.8 Å². The lowest BCUT2D eigenvalue weighted by molar-refractivity contribution is -0.0860. The standard InChI is InChI=1S/C9H17BO4/c1-6(4-11-2)14-8-7(12-3)5-13-9(8)10/h6-9H,4-5H2,1-3H3/t6?,7?,8-,9+/m0/s1. The minimum atomic E-state index is -0.403. The van der Waals surface area contributed by atoms with Crippen LogP contribution in [0.3, 0.4) is 0 Å². The van der Waals surface area contributed by atoms with Gasteiger partial charge in [0.05, 0.1) is 19.3 Å². The largest absolute Gasteiger partial charge is 0.382 e. The Kier molecular flexibility index (Phi) is 4.88. The molecule has 0 spiro atoms. The lowest BCUT2D eigenvalue weighted by atomic mass is 9.93. The smallest absolute Gasteiger partial charge is 0.112 e. The molecule has 0 aromatic carbocycles. The van der Waals surface area contributed by atoms with Crippen molar-refractivity contribution in [2.75, 3.05) is 27.4 Å². The number of hydrogen-bond donors (Lipinski definition) is 0.